The standard InChI is InChI=1S/C5H12O5.H2S/c6-1-3(8)5(10)4(9)2-7;/h3-10H,1-2H2;1H2. The van der Waals surface area contributed by atoms with Gasteiger partial charge in [0.1, 0.15) is 18.3 Å². The molecule has 70 valence electrons. The van der Waals surface area contributed by atoms with Gasteiger partial charge in [-0.15, -0.1) is 0 Å². The maximum Gasteiger partial charge on any atom is 0.110 e. The Labute approximate surface area is 71.4 Å². The van der Waals surface area contributed by atoms with Gasteiger partial charge in [0.05, 0.1) is 13.2 Å². The van der Waals surface area contributed by atoms with E-state index < -0.39 is 31.5 Å². The smallest absolute Gasteiger partial charge is 0.110 e. The third-order valence-electron chi connectivity index (χ3n) is 1.16. The van der Waals surface area contributed by atoms with E-state index >= 15 is 0 Å². The molecule has 2 unspecified atom stereocenters. The van der Waals surface area contributed by atoms with E-state index in [9.17, 15) is 0 Å². The molecule has 0 amide bonds. The predicted molar refractivity (Wildman–Crippen MR) is 42.6 cm³/mol. The van der Waals surface area contributed by atoms with Gasteiger partial charge in [-0.2, -0.15) is 13.5 Å². The van der Waals surface area contributed by atoms with Crippen molar-refractivity contribution in [2.75, 3.05) is 13.2 Å². The zero-order chi connectivity index (χ0) is 8.15. The third-order valence-corrected chi connectivity index (χ3v) is 1.16. The lowest BCUT2D eigenvalue weighted by Crippen LogP contribution is -2.41. The van der Waals surface area contributed by atoms with E-state index in [0.29, 0.717) is 0 Å². The van der Waals surface area contributed by atoms with Crippen molar-refractivity contribution in [2.24, 2.45) is 0 Å². The molecule has 5 nitrogen and oxygen atoms in total. The number of aliphatic hydroxyl groups is 5. The molecule has 0 bridgehead atoms. The average molecular weight is 186 g/mol. The molecule has 0 aliphatic carbocycles. The highest BCUT2D eigenvalue weighted by Gasteiger charge is 2.22. The minimum Gasteiger partial charge on any atom is -0.394 e. The number of hydrogen-bond donors (Lipinski definition) is 5. The lowest BCUT2D eigenvalue weighted by atomic mass is 10.1. The average Bonchev–Trinajstić information content (AvgIpc) is 2.00. The fraction of sp³-hybridized carbons (Fsp3) is 1.00. The second-order valence-electron chi connectivity index (χ2n) is 1.99. The van der Waals surface area contributed by atoms with Gasteiger partial charge in [-0.1, -0.05) is 0 Å². The minimum atomic E-state index is -1.49. The molecule has 5 N–H and O–H groups in total. The van der Waals surface area contributed by atoms with Crippen LogP contribution in [0.4, 0.5) is 0 Å². The third kappa shape index (κ3) is 4.57. The van der Waals surface area contributed by atoms with Crippen molar-refractivity contribution in [3.05, 3.63) is 0 Å². The maximum absolute atomic E-state index is 8.77. The van der Waals surface area contributed by atoms with Gasteiger partial charge in [0.15, 0.2) is 0 Å². The van der Waals surface area contributed by atoms with Crippen molar-refractivity contribution in [3.8, 4) is 0 Å². The quantitative estimate of drug-likeness (QED) is 0.326. The van der Waals surface area contributed by atoms with Gasteiger partial charge in [-0.3, -0.25) is 0 Å². The highest BCUT2D eigenvalue weighted by atomic mass is 32.1. The monoisotopic (exact) mass is 186 g/mol. The Kier molecular flexibility index (Phi) is 8.53. The molecule has 0 aromatic rings. The molecule has 0 radical (unpaired) electrons. The van der Waals surface area contributed by atoms with E-state index in [1.54, 1.807) is 0 Å². The summed E-state index contributed by atoms with van der Waals surface area (Å²) in [5, 5.41) is 42.6. The molecule has 0 aromatic heterocycles. The molecule has 0 fully saturated rings. The molecule has 0 spiro atoms. The molecule has 0 saturated heterocycles. The van der Waals surface area contributed by atoms with Crippen LogP contribution in [0.25, 0.3) is 0 Å². The summed E-state index contributed by atoms with van der Waals surface area (Å²) in [6.45, 7) is -1.28. The Hall–Kier alpha value is 0.150. The summed E-state index contributed by atoms with van der Waals surface area (Å²) < 4.78 is 0. The molecule has 0 aliphatic heterocycles. The molecule has 0 rings (SSSR count). The summed E-state index contributed by atoms with van der Waals surface area (Å²) in [4.78, 5) is 0. The second-order valence-corrected chi connectivity index (χ2v) is 1.99. The predicted octanol–water partition coefficient (Wildman–Crippen LogP) is -2.83. The number of rotatable bonds is 4. The SMILES string of the molecule is OCC(O)C(O)C(O)CO.S. The molecule has 0 heterocycles. The van der Waals surface area contributed by atoms with Crippen LogP contribution in [0, 0.1) is 0 Å². The molecule has 0 saturated carbocycles. The van der Waals surface area contributed by atoms with Crippen molar-refractivity contribution in [1.82, 2.24) is 0 Å². The van der Waals surface area contributed by atoms with Crippen LogP contribution in [-0.4, -0.2) is 57.1 Å². The number of aliphatic hydroxyl groups excluding tert-OH is 5. The maximum atomic E-state index is 8.77. The van der Waals surface area contributed by atoms with E-state index in [1.165, 1.54) is 0 Å². The molecule has 0 aromatic carbocycles. The second kappa shape index (κ2) is 6.84. The first-order chi connectivity index (χ1) is 4.63. The van der Waals surface area contributed by atoms with Gasteiger partial charge >= 0.3 is 0 Å². The van der Waals surface area contributed by atoms with Crippen LogP contribution >= 0.6 is 13.5 Å². The van der Waals surface area contributed by atoms with Gasteiger partial charge in [0.2, 0.25) is 0 Å². The van der Waals surface area contributed by atoms with E-state index in [2.05, 4.69) is 0 Å². The van der Waals surface area contributed by atoms with Crippen LogP contribution in [0.15, 0.2) is 0 Å². The van der Waals surface area contributed by atoms with Crippen LogP contribution in [0.5, 0.6) is 0 Å². The Balaban J connectivity index is 0. The summed E-state index contributed by atoms with van der Waals surface area (Å²) in [6.07, 6.45) is -4.29. The summed E-state index contributed by atoms with van der Waals surface area (Å²) in [5.74, 6) is 0. The molecule has 0 aliphatic rings. The highest BCUT2D eigenvalue weighted by molar-refractivity contribution is 7.59. The van der Waals surface area contributed by atoms with Gasteiger partial charge in [0.25, 0.3) is 0 Å². The van der Waals surface area contributed by atoms with Crippen LogP contribution in [0.3, 0.4) is 0 Å². The van der Waals surface area contributed by atoms with Crippen LogP contribution in [-0.2, 0) is 0 Å². The normalized spacial score (nSPS) is 18.3. The van der Waals surface area contributed by atoms with Gasteiger partial charge in [-0.05, 0) is 0 Å². The molecule has 2 atom stereocenters. The summed E-state index contributed by atoms with van der Waals surface area (Å²) in [5.41, 5.74) is 0. The number of hydrogen-bond acceptors (Lipinski definition) is 5. The molecule has 11 heavy (non-hydrogen) atoms. The van der Waals surface area contributed by atoms with Crippen molar-refractivity contribution in [1.29, 1.82) is 0 Å². The van der Waals surface area contributed by atoms with E-state index in [1.807, 2.05) is 0 Å². The van der Waals surface area contributed by atoms with E-state index in [4.69, 9.17) is 25.5 Å². The van der Waals surface area contributed by atoms with Crippen molar-refractivity contribution in [2.45, 2.75) is 18.3 Å². The van der Waals surface area contributed by atoms with E-state index in [0.717, 1.165) is 0 Å². The fourth-order valence-corrected chi connectivity index (χ4v) is 0.472. The van der Waals surface area contributed by atoms with Crippen molar-refractivity contribution in [3.63, 3.8) is 0 Å². The molecule has 6 heteroatoms. The molecular formula is C5H14O5S. The van der Waals surface area contributed by atoms with Crippen LogP contribution in [0.1, 0.15) is 0 Å². The summed E-state index contributed by atoms with van der Waals surface area (Å²) in [7, 11) is 0. The first-order valence-electron chi connectivity index (χ1n) is 2.89. The van der Waals surface area contributed by atoms with Gasteiger partial charge in [0, 0.05) is 0 Å². The summed E-state index contributed by atoms with van der Waals surface area (Å²) >= 11 is 0. The first kappa shape index (κ1) is 13.7. The Morgan fingerprint density at radius 3 is 1.27 bits per heavy atom. The molecular weight excluding hydrogens is 172 g/mol. The first-order valence-corrected chi connectivity index (χ1v) is 2.89. The largest absolute Gasteiger partial charge is 0.394 e. The van der Waals surface area contributed by atoms with Gasteiger partial charge < -0.3 is 25.5 Å². The topological polar surface area (TPSA) is 101 Å². The van der Waals surface area contributed by atoms with Crippen molar-refractivity contribution >= 4 is 13.5 Å². The Bertz CT molecular complexity index is 80.9. The highest BCUT2D eigenvalue weighted by Crippen LogP contribution is 1.97. The van der Waals surface area contributed by atoms with Crippen molar-refractivity contribution < 1.29 is 25.5 Å². The van der Waals surface area contributed by atoms with E-state index in [-0.39, 0.29) is 13.5 Å². The zero-order valence-electron chi connectivity index (χ0n) is 5.88. The Morgan fingerprint density at radius 1 is 0.818 bits per heavy atom. The van der Waals surface area contributed by atoms with Crippen LogP contribution < -0.4 is 0 Å². The zero-order valence-corrected chi connectivity index (χ0v) is 6.88. The van der Waals surface area contributed by atoms with Gasteiger partial charge in [-0.25, -0.2) is 0 Å². The fourth-order valence-electron chi connectivity index (χ4n) is 0.472. The van der Waals surface area contributed by atoms with Crippen LogP contribution in [0.2, 0.25) is 0 Å². The lowest BCUT2D eigenvalue weighted by molar-refractivity contribution is -0.0900. The minimum absolute atomic E-state index is 0. The Morgan fingerprint density at radius 2 is 1.09 bits per heavy atom. The lowest BCUT2D eigenvalue weighted by Gasteiger charge is -2.19. The summed E-state index contributed by atoms with van der Waals surface area (Å²) in [6, 6.07) is 0.